The predicted octanol–water partition coefficient (Wildman–Crippen LogP) is 3.98. The highest BCUT2D eigenvalue weighted by Gasteiger charge is 2.23. The first-order chi connectivity index (χ1) is 15.7. The van der Waals surface area contributed by atoms with Gasteiger partial charge in [-0.3, -0.25) is 14.6 Å². The van der Waals surface area contributed by atoms with E-state index in [2.05, 4.69) is 46.3 Å². The third kappa shape index (κ3) is 6.67. The van der Waals surface area contributed by atoms with Crippen LogP contribution in [0.1, 0.15) is 59.5 Å². The molecule has 6 heteroatoms. The summed E-state index contributed by atoms with van der Waals surface area (Å²) in [6, 6.07) is 13.1. The number of hydrogen-bond acceptors (Lipinski definition) is 5. The minimum absolute atomic E-state index is 0.132. The van der Waals surface area contributed by atoms with Gasteiger partial charge in [0.2, 0.25) is 0 Å². The van der Waals surface area contributed by atoms with E-state index in [0.29, 0.717) is 18.3 Å². The monoisotopic (exact) mass is 439 g/mol. The maximum atomic E-state index is 12.6. The van der Waals surface area contributed by atoms with E-state index in [1.807, 2.05) is 12.1 Å². The Morgan fingerprint density at radius 2 is 1.91 bits per heavy atom. The van der Waals surface area contributed by atoms with Crippen LogP contribution in [0.4, 0.5) is 0 Å². The maximum Gasteiger partial charge on any atom is 0.287 e. The highest BCUT2D eigenvalue weighted by Crippen LogP contribution is 2.26. The smallest absolute Gasteiger partial charge is 0.287 e. The van der Waals surface area contributed by atoms with Gasteiger partial charge < -0.3 is 14.5 Å². The standard InChI is InChI=1S/C26H37N3O3/c1-21-6-5-7-22(18-21)19-29(23-8-3-2-4-9-23)20-24-10-11-25(32-24)26(30)27-12-13-28-14-16-31-17-15-28/h5-7,10-11,18,23H,2-4,8-9,12-17,19-20H2,1H3,(H,27,30). The lowest BCUT2D eigenvalue weighted by Crippen LogP contribution is -2.41. The van der Waals surface area contributed by atoms with Crippen molar-refractivity contribution in [2.75, 3.05) is 39.4 Å². The van der Waals surface area contributed by atoms with Crippen LogP contribution in [0.2, 0.25) is 0 Å². The van der Waals surface area contributed by atoms with Crippen LogP contribution in [0.25, 0.3) is 0 Å². The van der Waals surface area contributed by atoms with Crippen molar-refractivity contribution in [3.8, 4) is 0 Å². The summed E-state index contributed by atoms with van der Waals surface area (Å²) >= 11 is 0. The number of amides is 1. The van der Waals surface area contributed by atoms with E-state index >= 15 is 0 Å². The zero-order valence-electron chi connectivity index (χ0n) is 19.4. The van der Waals surface area contributed by atoms with Crippen molar-refractivity contribution >= 4 is 5.91 Å². The van der Waals surface area contributed by atoms with Gasteiger partial charge in [0.1, 0.15) is 5.76 Å². The molecule has 1 aliphatic heterocycles. The number of carbonyl (C=O) groups excluding carboxylic acids is 1. The molecule has 174 valence electrons. The lowest BCUT2D eigenvalue weighted by Gasteiger charge is -2.34. The maximum absolute atomic E-state index is 12.6. The fourth-order valence-corrected chi connectivity index (χ4v) is 4.83. The first-order valence-corrected chi connectivity index (χ1v) is 12.1. The summed E-state index contributed by atoms with van der Waals surface area (Å²) in [4.78, 5) is 17.4. The molecule has 2 fully saturated rings. The summed E-state index contributed by atoms with van der Waals surface area (Å²) in [5, 5.41) is 2.99. The zero-order valence-corrected chi connectivity index (χ0v) is 19.4. The summed E-state index contributed by atoms with van der Waals surface area (Å²) < 4.78 is 11.4. The first kappa shape index (κ1) is 23.0. The number of furan rings is 1. The number of carbonyl (C=O) groups is 1. The Kier molecular flexibility index (Phi) is 8.37. The SMILES string of the molecule is Cc1cccc(CN(Cc2ccc(C(=O)NCCN3CCOCC3)o2)C2CCCCC2)c1. The average molecular weight is 440 g/mol. The van der Waals surface area contributed by atoms with Crippen LogP contribution < -0.4 is 5.32 Å². The van der Waals surface area contributed by atoms with E-state index in [4.69, 9.17) is 9.15 Å². The van der Waals surface area contributed by atoms with Gasteiger partial charge >= 0.3 is 0 Å². The largest absolute Gasteiger partial charge is 0.455 e. The third-order valence-electron chi connectivity index (χ3n) is 6.62. The molecule has 32 heavy (non-hydrogen) atoms. The van der Waals surface area contributed by atoms with Gasteiger partial charge in [-0.05, 0) is 37.5 Å². The molecule has 0 spiro atoms. The molecule has 1 aliphatic carbocycles. The van der Waals surface area contributed by atoms with Crippen molar-refractivity contribution in [3.05, 3.63) is 59.0 Å². The summed E-state index contributed by atoms with van der Waals surface area (Å²) in [5.74, 6) is 1.13. The van der Waals surface area contributed by atoms with Crippen LogP contribution in [-0.4, -0.2) is 61.1 Å². The molecule has 0 atom stereocenters. The Balaban J connectivity index is 1.34. The number of morpholine rings is 1. The molecule has 2 aliphatic rings. The van der Waals surface area contributed by atoms with Gasteiger partial charge in [0.25, 0.3) is 5.91 Å². The van der Waals surface area contributed by atoms with E-state index in [0.717, 1.165) is 51.7 Å². The van der Waals surface area contributed by atoms with Gasteiger partial charge in [-0.1, -0.05) is 49.1 Å². The molecule has 2 heterocycles. The summed E-state index contributed by atoms with van der Waals surface area (Å²) in [5.41, 5.74) is 2.63. The average Bonchev–Trinajstić information content (AvgIpc) is 3.29. The quantitative estimate of drug-likeness (QED) is 0.640. The van der Waals surface area contributed by atoms with Gasteiger partial charge in [0.15, 0.2) is 5.76 Å². The Labute approximate surface area is 191 Å². The van der Waals surface area contributed by atoms with Gasteiger partial charge in [-0.15, -0.1) is 0 Å². The number of aryl methyl sites for hydroxylation is 1. The molecular formula is C26H37N3O3. The first-order valence-electron chi connectivity index (χ1n) is 12.1. The Hall–Kier alpha value is -2.15. The molecule has 2 aromatic rings. The summed E-state index contributed by atoms with van der Waals surface area (Å²) in [7, 11) is 0. The second-order valence-corrected chi connectivity index (χ2v) is 9.16. The Morgan fingerprint density at radius 1 is 1.09 bits per heavy atom. The number of nitrogens with one attached hydrogen (secondary N) is 1. The van der Waals surface area contributed by atoms with Crippen molar-refractivity contribution in [3.63, 3.8) is 0 Å². The van der Waals surface area contributed by atoms with Gasteiger partial charge in [0, 0.05) is 38.8 Å². The van der Waals surface area contributed by atoms with Crippen LogP contribution in [0.3, 0.4) is 0 Å². The van der Waals surface area contributed by atoms with E-state index in [9.17, 15) is 4.79 Å². The molecule has 0 radical (unpaired) electrons. The number of ether oxygens (including phenoxy) is 1. The molecule has 4 rings (SSSR count). The number of nitrogens with zero attached hydrogens (tertiary/aromatic N) is 2. The number of rotatable bonds is 9. The number of hydrogen-bond donors (Lipinski definition) is 1. The van der Waals surface area contributed by atoms with E-state index in [1.54, 1.807) is 0 Å². The second kappa shape index (κ2) is 11.6. The summed E-state index contributed by atoms with van der Waals surface area (Å²) in [6.07, 6.45) is 6.40. The van der Waals surface area contributed by atoms with Crippen molar-refractivity contribution in [2.24, 2.45) is 0 Å². The van der Waals surface area contributed by atoms with Crippen LogP contribution in [-0.2, 0) is 17.8 Å². The van der Waals surface area contributed by atoms with Crippen molar-refractivity contribution in [1.82, 2.24) is 15.1 Å². The van der Waals surface area contributed by atoms with Gasteiger partial charge in [-0.25, -0.2) is 0 Å². The fourth-order valence-electron chi connectivity index (χ4n) is 4.83. The van der Waals surface area contributed by atoms with Crippen LogP contribution in [0.15, 0.2) is 40.8 Å². The molecule has 1 N–H and O–H groups in total. The second-order valence-electron chi connectivity index (χ2n) is 9.16. The number of benzene rings is 1. The van der Waals surface area contributed by atoms with Crippen molar-refractivity contribution < 1.29 is 13.9 Å². The molecule has 1 aromatic carbocycles. The van der Waals surface area contributed by atoms with Crippen LogP contribution in [0, 0.1) is 6.92 Å². The third-order valence-corrected chi connectivity index (χ3v) is 6.62. The summed E-state index contributed by atoms with van der Waals surface area (Å²) in [6.45, 7) is 8.66. The Morgan fingerprint density at radius 3 is 2.69 bits per heavy atom. The minimum Gasteiger partial charge on any atom is -0.455 e. The van der Waals surface area contributed by atoms with Gasteiger partial charge in [-0.2, -0.15) is 0 Å². The van der Waals surface area contributed by atoms with E-state index < -0.39 is 0 Å². The lowest BCUT2D eigenvalue weighted by atomic mass is 9.93. The normalized spacial score (nSPS) is 18.2. The predicted molar refractivity (Wildman–Crippen MR) is 126 cm³/mol. The lowest BCUT2D eigenvalue weighted by molar-refractivity contribution is 0.0382. The highest BCUT2D eigenvalue weighted by atomic mass is 16.5. The molecule has 0 bridgehead atoms. The fraction of sp³-hybridized carbons (Fsp3) is 0.577. The minimum atomic E-state index is -0.132. The van der Waals surface area contributed by atoms with E-state index in [1.165, 1.54) is 43.2 Å². The topological polar surface area (TPSA) is 58.0 Å². The molecule has 1 saturated carbocycles. The molecule has 1 aromatic heterocycles. The van der Waals surface area contributed by atoms with Crippen molar-refractivity contribution in [1.29, 1.82) is 0 Å². The molecular weight excluding hydrogens is 402 g/mol. The van der Waals surface area contributed by atoms with Crippen LogP contribution in [0.5, 0.6) is 0 Å². The highest BCUT2D eigenvalue weighted by molar-refractivity contribution is 5.91. The van der Waals surface area contributed by atoms with E-state index in [-0.39, 0.29) is 5.91 Å². The molecule has 0 unspecified atom stereocenters. The molecule has 1 saturated heterocycles. The van der Waals surface area contributed by atoms with Crippen molar-refractivity contribution in [2.45, 2.75) is 58.2 Å². The van der Waals surface area contributed by atoms with Crippen LogP contribution >= 0.6 is 0 Å². The zero-order chi connectivity index (χ0) is 22.2. The van der Waals surface area contributed by atoms with Gasteiger partial charge in [0.05, 0.1) is 19.8 Å². The molecule has 1 amide bonds. The Bertz CT molecular complexity index is 854. The molecule has 6 nitrogen and oxygen atoms in total.